The summed E-state index contributed by atoms with van der Waals surface area (Å²) in [6.45, 7) is 7.50. The highest BCUT2D eigenvalue weighted by Crippen LogP contribution is 2.32. The van der Waals surface area contributed by atoms with Gasteiger partial charge in [-0.05, 0) is 24.1 Å². The van der Waals surface area contributed by atoms with Crippen molar-refractivity contribution < 1.29 is 14.3 Å². The number of amides is 2. The van der Waals surface area contributed by atoms with Crippen LogP contribution < -0.4 is 14.8 Å². The van der Waals surface area contributed by atoms with Gasteiger partial charge in [-0.25, -0.2) is 4.79 Å². The summed E-state index contributed by atoms with van der Waals surface area (Å²) < 4.78 is 10.8. The molecule has 0 aliphatic carbocycles. The van der Waals surface area contributed by atoms with Gasteiger partial charge in [-0.1, -0.05) is 25.8 Å². The molecule has 0 atom stereocenters. The molecule has 132 valence electrons. The van der Waals surface area contributed by atoms with Crippen molar-refractivity contribution >= 4 is 6.03 Å². The number of carbonyl (C=O) groups is 1. The number of carbonyl (C=O) groups excluding carboxylic acids is 1. The minimum absolute atomic E-state index is 0.0776. The fourth-order valence-electron chi connectivity index (χ4n) is 3.09. The van der Waals surface area contributed by atoms with E-state index in [0.717, 1.165) is 57.2 Å². The van der Waals surface area contributed by atoms with E-state index in [1.54, 1.807) is 0 Å². The molecule has 2 amide bonds. The zero-order chi connectivity index (χ0) is 16.8. The predicted molar refractivity (Wildman–Crippen MR) is 92.3 cm³/mol. The Hall–Kier alpha value is -1.95. The summed E-state index contributed by atoms with van der Waals surface area (Å²) in [4.78, 5) is 16.4. The maximum absolute atomic E-state index is 12.1. The number of nitrogens with one attached hydrogen (secondary N) is 1. The van der Waals surface area contributed by atoms with Crippen LogP contribution in [-0.2, 0) is 6.54 Å². The number of urea groups is 1. The van der Waals surface area contributed by atoms with Crippen LogP contribution in [0.1, 0.15) is 31.7 Å². The third-order valence-corrected chi connectivity index (χ3v) is 4.56. The first-order valence-corrected chi connectivity index (χ1v) is 8.90. The summed E-state index contributed by atoms with van der Waals surface area (Å²) in [6, 6.07) is 6.18. The number of unbranched alkanes of at least 4 members (excludes halogenated alkanes) is 2. The number of nitrogens with zero attached hydrogens (tertiary/aromatic N) is 2. The lowest BCUT2D eigenvalue weighted by molar-refractivity contribution is 0.135. The molecule has 1 fully saturated rings. The number of fused-ring (bicyclic) bond motifs is 1. The lowest BCUT2D eigenvalue weighted by Gasteiger charge is -2.34. The minimum Gasteiger partial charge on any atom is -0.454 e. The molecule has 1 aromatic carbocycles. The smallest absolute Gasteiger partial charge is 0.317 e. The molecule has 2 aliphatic heterocycles. The number of rotatable bonds is 6. The molecule has 0 aromatic heterocycles. The fourth-order valence-corrected chi connectivity index (χ4v) is 3.09. The molecular weight excluding hydrogens is 306 g/mol. The minimum atomic E-state index is 0.0776. The zero-order valence-corrected chi connectivity index (χ0v) is 14.4. The second-order valence-corrected chi connectivity index (χ2v) is 6.39. The number of benzene rings is 1. The van der Waals surface area contributed by atoms with Crippen molar-refractivity contribution in [3.05, 3.63) is 23.8 Å². The highest BCUT2D eigenvalue weighted by Gasteiger charge is 2.21. The summed E-state index contributed by atoms with van der Waals surface area (Å²) in [5.74, 6) is 1.65. The highest BCUT2D eigenvalue weighted by atomic mass is 16.7. The van der Waals surface area contributed by atoms with E-state index in [9.17, 15) is 4.79 Å². The Bertz CT molecular complexity index is 556. The summed E-state index contributed by atoms with van der Waals surface area (Å²) >= 11 is 0. The van der Waals surface area contributed by atoms with Crippen molar-refractivity contribution in [3.63, 3.8) is 0 Å². The topological polar surface area (TPSA) is 54.0 Å². The van der Waals surface area contributed by atoms with Gasteiger partial charge in [0.05, 0.1) is 0 Å². The van der Waals surface area contributed by atoms with Gasteiger partial charge in [-0.15, -0.1) is 0 Å². The largest absolute Gasteiger partial charge is 0.454 e. The van der Waals surface area contributed by atoms with Gasteiger partial charge in [0, 0.05) is 39.3 Å². The molecular formula is C18H27N3O3. The zero-order valence-electron chi connectivity index (χ0n) is 14.4. The maximum atomic E-state index is 12.1. The van der Waals surface area contributed by atoms with Crippen molar-refractivity contribution in [1.82, 2.24) is 15.1 Å². The summed E-state index contributed by atoms with van der Waals surface area (Å²) in [6.07, 6.45) is 3.41. The van der Waals surface area contributed by atoms with E-state index >= 15 is 0 Å². The molecule has 3 rings (SSSR count). The first-order valence-electron chi connectivity index (χ1n) is 8.90. The molecule has 1 saturated heterocycles. The van der Waals surface area contributed by atoms with Crippen molar-refractivity contribution in [2.24, 2.45) is 0 Å². The quantitative estimate of drug-likeness (QED) is 0.813. The second kappa shape index (κ2) is 8.24. The van der Waals surface area contributed by atoms with Crippen LogP contribution in [-0.4, -0.2) is 55.3 Å². The lowest BCUT2D eigenvalue weighted by Crippen LogP contribution is -2.51. The van der Waals surface area contributed by atoms with E-state index < -0.39 is 0 Å². The van der Waals surface area contributed by atoms with Gasteiger partial charge in [0.25, 0.3) is 0 Å². The molecule has 0 bridgehead atoms. The molecule has 0 unspecified atom stereocenters. The van der Waals surface area contributed by atoms with E-state index in [1.807, 2.05) is 11.0 Å². The Labute approximate surface area is 143 Å². The molecule has 0 saturated carbocycles. The first-order chi connectivity index (χ1) is 11.8. The molecule has 2 heterocycles. The second-order valence-electron chi connectivity index (χ2n) is 6.39. The Morgan fingerprint density at radius 3 is 2.71 bits per heavy atom. The van der Waals surface area contributed by atoms with Gasteiger partial charge < -0.3 is 19.7 Å². The molecule has 0 spiro atoms. The number of piperazine rings is 1. The molecule has 6 nitrogen and oxygen atoms in total. The molecule has 1 N–H and O–H groups in total. The van der Waals surface area contributed by atoms with Gasteiger partial charge in [-0.2, -0.15) is 0 Å². The predicted octanol–water partition coefficient (Wildman–Crippen LogP) is 2.43. The average molecular weight is 333 g/mol. The van der Waals surface area contributed by atoms with Gasteiger partial charge in [-0.3, -0.25) is 4.90 Å². The average Bonchev–Trinajstić information content (AvgIpc) is 3.07. The van der Waals surface area contributed by atoms with Gasteiger partial charge in [0.1, 0.15) is 0 Å². The Morgan fingerprint density at radius 2 is 1.92 bits per heavy atom. The van der Waals surface area contributed by atoms with Crippen molar-refractivity contribution in [3.8, 4) is 11.5 Å². The van der Waals surface area contributed by atoms with Crippen molar-refractivity contribution in [2.75, 3.05) is 39.5 Å². The molecule has 2 aliphatic rings. The van der Waals surface area contributed by atoms with E-state index in [-0.39, 0.29) is 6.03 Å². The van der Waals surface area contributed by atoms with E-state index in [2.05, 4.69) is 29.3 Å². The normalized spacial score (nSPS) is 17.1. The Kier molecular flexibility index (Phi) is 5.80. The summed E-state index contributed by atoms with van der Waals surface area (Å²) in [5, 5.41) is 3.02. The van der Waals surface area contributed by atoms with E-state index in [1.165, 1.54) is 18.4 Å². The molecule has 24 heavy (non-hydrogen) atoms. The first kappa shape index (κ1) is 16.9. The third kappa shape index (κ3) is 4.32. The van der Waals surface area contributed by atoms with Gasteiger partial charge in [0.15, 0.2) is 11.5 Å². The van der Waals surface area contributed by atoms with Crippen LogP contribution in [0, 0.1) is 0 Å². The van der Waals surface area contributed by atoms with E-state index in [0.29, 0.717) is 6.79 Å². The third-order valence-electron chi connectivity index (χ3n) is 4.56. The SMILES string of the molecule is CCCCCNC(=O)N1CCN(Cc2ccc3c(c2)OCO3)CC1. The van der Waals surface area contributed by atoms with Crippen LogP contribution in [0.25, 0.3) is 0 Å². The fraction of sp³-hybridized carbons (Fsp3) is 0.611. The molecule has 1 aromatic rings. The summed E-state index contributed by atoms with van der Waals surface area (Å²) in [7, 11) is 0. The van der Waals surface area contributed by atoms with Crippen LogP contribution >= 0.6 is 0 Å². The van der Waals surface area contributed by atoms with Crippen LogP contribution in [0.15, 0.2) is 18.2 Å². The van der Waals surface area contributed by atoms with Crippen LogP contribution in [0.3, 0.4) is 0 Å². The number of hydrogen-bond acceptors (Lipinski definition) is 4. The van der Waals surface area contributed by atoms with Crippen LogP contribution in [0.4, 0.5) is 4.79 Å². The maximum Gasteiger partial charge on any atom is 0.317 e. The monoisotopic (exact) mass is 333 g/mol. The standard InChI is InChI=1S/C18H27N3O3/c1-2-3-4-7-19-18(22)21-10-8-20(9-11-21)13-15-5-6-16-17(12-15)24-14-23-16/h5-6,12H,2-4,7-11,13-14H2,1H3,(H,19,22). The molecule has 6 heteroatoms. The highest BCUT2D eigenvalue weighted by molar-refractivity contribution is 5.74. The van der Waals surface area contributed by atoms with Crippen molar-refractivity contribution in [2.45, 2.75) is 32.7 Å². The molecule has 0 radical (unpaired) electrons. The lowest BCUT2D eigenvalue weighted by atomic mass is 10.1. The van der Waals surface area contributed by atoms with Crippen LogP contribution in [0.5, 0.6) is 11.5 Å². The van der Waals surface area contributed by atoms with E-state index in [4.69, 9.17) is 9.47 Å². The summed E-state index contributed by atoms with van der Waals surface area (Å²) in [5.41, 5.74) is 1.22. The Morgan fingerprint density at radius 1 is 1.12 bits per heavy atom. The number of ether oxygens (including phenoxy) is 2. The van der Waals surface area contributed by atoms with Crippen molar-refractivity contribution in [1.29, 1.82) is 0 Å². The Balaban J connectivity index is 1.41. The van der Waals surface area contributed by atoms with Crippen LogP contribution in [0.2, 0.25) is 0 Å². The van der Waals surface area contributed by atoms with Gasteiger partial charge in [0.2, 0.25) is 6.79 Å². The number of hydrogen-bond donors (Lipinski definition) is 1. The van der Waals surface area contributed by atoms with Gasteiger partial charge >= 0.3 is 6.03 Å².